The van der Waals surface area contributed by atoms with Crippen LogP contribution in [0.4, 0.5) is 0 Å². The lowest BCUT2D eigenvalue weighted by atomic mass is 10.1. The van der Waals surface area contributed by atoms with Gasteiger partial charge in [0, 0.05) is 0 Å². The maximum atomic E-state index is 6.37. The van der Waals surface area contributed by atoms with Crippen molar-refractivity contribution in [3.63, 3.8) is 0 Å². The average molecular weight is 417 g/mol. The molecule has 0 spiro atoms. The molecule has 0 aliphatic carbocycles. The molecule has 29 heavy (non-hydrogen) atoms. The highest BCUT2D eigenvalue weighted by molar-refractivity contribution is 6.54. The largest absolute Gasteiger partial charge is 0.684 e. The third-order valence-electron chi connectivity index (χ3n) is 5.32. The maximum Gasteiger partial charge on any atom is 0.684 e. The maximum absolute atomic E-state index is 6.37. The molecular formula is C24H36O4Si. The summed E-state index contributed by atoms with van der Waals surface area (Å²) >= 11 is 0. The van der Waals surface area contributed by atoms with E-state index in [0.29, 0.717) is 25.7 Å². The van der Waals surface area contributed by atoms with Crippen LogP contribution < -0.4 is 0 Å². The summed E-state index contributed by atoms with van der Waals surface area (Å²) in [6.07, 6.45) is 25.0. The minimum atomic E-state index is -4.07. The molecule has 0 amide bonds. The summed E-state index contributed by atoms with van der Waals surface area (Å²) in [5.74, 6) is 10.7. The zero-order valence-electron chi connectivity index (χ0n) is 19.3. The summed E-state index contributed by atoms with van der Waals surface area (Å²) in [4.78, 5) is 0. The van der Waals surface area contributed by atoms with Crippen LogP contribution >= 0.6 is 0 Å². The van der Waals surface area contributed by atoms with Crippen LogP contribution in [0.15, 0.2) is 0 Å². The Hall–Kier alpha value is -1.70. The van der Waals surface area contributed by atoms with E-state index in [1.165, 1.54) is 0 Å². The normalized spacial score (nSPS) is 21.4. The van der Waals surface area contributed by atoms with E-state index >= 15 is 0 Å². The predicted octanol–water partition coefficient (Wildman–Crippen LogP) is 4.70. The zero-order valence-corrected chi connectivity index (χ0v) is 20.3. The van der Waals surface area contributed by atoms with Gasteiger partial charge in [-0.2, -0.15) is 0 Å². The fourth-order valence-corrected chi connectivity index (χ4v) is 5.31. The van der Waals surface area contributed by atoms with Crippen molar-refractivity contribution >= 4 is 9.05 Å². The molecule has 160 valence electrons. The lowest BCUT2D eigenvalue weighted by Gasteiger charge is -2.44. The first kappa shape index (κ1) is 27.3. The molecule has 0 aromatic rings. The summed E-state index contributed by atoms with van der Waals surface area (Å²) in [5.41, 5.74) is -4.10. The first-order valence-electron chi connectivity index (χ1n) is 10.0. The second kappa shape index (κ2) is 10.4. The molecule has 0 aromatic heterocycles. The molecule has 0 rings (SSSR count). The monoisotopic (exact) mass is 416 g/mol. The summed E-state index contributed by atoms with van der Waals surface area (Å²) in [7, 11) is -4.07. The molecule has 0 N–H and O–H groups in total. The van der Waals surface area contributed by atoms with E-state index in [4.69, 9.17) is 43.4 Å². The molecule has 0 heterocycles. The SMILES string of the molecule is C#CC(C)(CC)O[Si](OC(C)(C#C)CC)(OC(C)(C#C)CC)OC(C)(C#C)CC. The summed E-state index contributed by atoms with van der Waals surface area (Å²) in [6, 6.07) is 0. The highest BCUT2D eigenvalue weighted by Crippen LogP contribution is 2.36. The van der Waals surface area contributed by atoms with Crippen molar-refractivity contribution in [1.82, 2.24) is 0 Å². The lowest BCUT2D eigenvalue weighted by Crippen LogP contribution is -2.63. The first-order valence-corrected chi connectivity index (χ1v) is 11.7. The van der Waals surface area contributed by atoms with Crippen molar-refractivity contribution in [3.8, 4) is 49.4 Å². The Morgan fingerprint density at radius 2 is 0.690 bits per heavy atom. The van der Waals surface area contributed by atoms with Gasteiger partial charge in [0.1, 0.15) is 22.4 Å². The van der Waals surface area contributed by atoms with Gasteiger partial charge in [0.2, 0.25) is 0 Å². The van der Waals surface area contributed by atoms with Crippen LogP contribution in [0.1, 0.15) is 81.1 Å². The van der Waals surface area contributed by atoms with Crippen LogP contribution in [0.3, 0.4) is 0 Å². The van der Waals surface area contributed by atoms with Gasteiger partial charge in [-0.3, -0.25) is 0 Å². The summed E-state index contributed by atoms with van der Waals surface area (Å²) in [5, 5.41) is 0. The van der Waals surface area contributed by atoms with Crippen molar-refractivity contribution in [1.29, 1.82) is 0 Å². The van der Waals surface area contributed by atoms with E-state index in [2.05, 4.69) is 23.7 Å². The number of hydrogen-bond donors (Lipinski definition) is 0. The van der Waals surface area contributed by atoms with Gasteiger partial charge in [0.15, 0.2) is 0 Å². The number of terminal acetylenes is 4. The van der Waals surface area contributed by atoms with Gasteiger partial charge in [0.05, 0.1) is 0 Å². The van der Waals surface area contributed by atoms with Gasteiger partial charge in [0.25, 0.3) is 0 Å². The second-order valence-corrected chi connectivity index (χ2v) is 9.64. The Morgan fingerprint density at radius 3 is 0.793 bits per heavy atom. The van der Waals surface area contributed by atoms with Crippen molar-refractivity contribution in [2.75, 3.05) is 0 Å². The van der Waals surface area contributed by atoms with Crippen molar-refractivity contribution < 1.29 is 17.7 Å². The molecule has 0 saturated carbocycles. The molecule has 4 nitrogen and oxygen atoms in total. The molecule has 0 aliphatic heterocycles. The molecule has 4 atom stereocenters. The topological polar surface area (TPSA) is 36.9 Å². The Kier molecular flexibility index (Phi) is 9.75. The van der Waals surface area contributed by atoms with E-state index < -0.39 is 31.5 Å². The van der Waals surface area contributed by atoms with E-state index in [1.807, 2.05) is 27.7 Å². The number of rotatable bonds is 12. The predicted molar refractivity (Wildman–Crippen MR) is 120 cm³/mol. The zero-order chi connectivity index (χ0) is 23.0. The Bertz CT molecular complexity index is 596. The highest BCUT2D eigenvalue weighted by atomic mass is 28.4. The molecule has 0 aromatic carbocycles. The molecule has 4 unspecified atom stereocenters. The molecule has 0 fully saturated rings. The summed E-state index contributed by atoms with van der Waals surface area (Å²) in [6.45, 7) is 14.7. The van der Waals surface area contributed by atoms with Gasteiger partial charge in [-0.25, -0.2) is 0 Å². The second-order valence-electron chi connectivity index (χ2n) is 7.82. The Balaban J connectivity index is 6.77. The van der Waals surface area contributed by atoms with Crippen LogP contribution in [-0.4, -0.2) is 31.5 Å². The van der Waals surface area contributed by atoms with Gasteiger partial charge >= 0.3 is 9.05 Å². The number of hydrogen-bond acceptors (Lipinski definition) is 4. The van der Waals surface area contributed by atoms with Crippen LogP contribution in [0.5, 0.6) is 0 Å². The lowest BCUT2D eigenvalue weighted by molar-refractivity contribution is -0.144. The molecule has 0 aliphatic rings. The van der Waals surface area contributed by atoms with E-state index in [-0.39, 0.29) is 0 Å². The van der Waals surface area contributed by atoms with Gasteiger partial charge < -0.3 is 17.7 Å². The molecule has 5 heteroatoms. The van der Waals surface area contributed by atoms with Gasteiger partial charge in [-0.15, -0.1) is 25.7 Å². The van der Waals surface area contributed by atoms with Gasteiger partial charge in [-0.1, -0.05) is 51.4 Å². The fourth-order valence-electron chi connectivity index (χ4n) is 2.04. The molecule has 0 bridgehead atoms. The van der Waals surface area contributed by atoms with Crippen LogP contribution in [0.2, 0.25) is 0 Å². The van der Waals surface area contributed by atoms with Crippen LogP contribution in [0.25, 0.3) is 0 Å². The third-order valence-corrected chi connectivity index (χ3v) is 8.12. The third kappa shape index (κ3) is 7.24. The minimum absolute atomic E-state index is 0.491. The Labute approximate surface area is 179 Å². The van der Waals surface area contributed by atoms with Crippen molar-refractivity contribution in [2.45, 2.75) is 103 Å². The smallest absolute Gasteiger partial charge is 0.334 e. The Morgan fingerprint density at radius 1 is 0.517 bits per heavy atom. The molecule has 0 radical (unpaired) electrons. The van der Waals surface area contributed by atoms with Crippen molar-refractivity contribution in [2.24, 2.45) is 0 Å². The van der Waals surface area contributed by atoms with E-state index in [1.54, 1.807) is 27.7 Å². The van der Waals surface area contributed by atoms with Gasteiger partial charge in [-0.05, 0) is 53.4 Å². The fraction of sp³-hybridized carbons (Fsp3) is 0.667. The van der Waals surface area contributed by atoms with Crippen molar-refractivity contribution in [3.05, 3.63) is 0 Å². The van der Waals surface area contributed by atoms with E-state index in [9.17, 15) is 0 Å². The van der Waals surface area contributed by atoms with Crippen LogP contribution in [-0.2, 0) is 17.7 Å². The highest BCUT2D eigenvalue weighted by Gasteiger charge is 2.60. The molecule has 0 saturated heterocycles. The first-order chi connectivity index (χ1) is 13.3. The van der Waals surface area contributed by atoms with Crippen LogP contribution in [0, 0.1) is 49.4 Å². The minimum Gasteiger partial charge on any atom is -0.334 e. The van der Waals surface area contributed by atoms with E-state index in [0.717, 1.165) is 0 Å². The summed E-state index contributed by atoms with van der Waals surface area (Å²) < 4.78 is 25.5. The average Bonchev–Trinajstić information content (AvgIpc) is 2.73. The quantitative estimate of drug-likeness (QED) is 0.341. The molecular weight excluding hydrogens is 380 g/mol. The standard InChI is InChI=1S/C24H36O4Si/c1-13-21(9,14-2)25-29(26-22(10,15-3)16-4,27-23(11,17-5)18-6)28-24(12,19-7)20-8/h1,3,5,7H,14,16,18,20H2,2,4,6,8-12H3.